The lowest BCUT2D eigenvalue weighted by atomic mass is 9.83. The number of ether oxygens (including phenoxy) is 1. The molecule has 140 valence electrons. The van der Waals surface area contributed by atoms with Gasteiger partial charge in [-0.2, -0.15) is 5.26 Å². The first kappa shape index (κ1) is 19.8. The van der Waals surface area contributed by atoms with Gasteiger partial charge in [0.2, 0.25) is 0 Å². The minimum atomic E-state index is -0.812. The van der Waals surface area contributed by atoms with E-state index in [0.29, 0.717) is 18.4 Å². The van der Waals surface area contributed by atoms with Gasteiger partial charge in [0.15, 0.2) is 6.61 Å². The summed E-state index contributed by atoms with van der Waals surface area (Å²) >= 11 is 0. The van der Waals surface area contributed by atoms with Crippen LogP contribution in [0.4, 0.5) is 5.69 Å². The van der Waals surface area contributed by atoms with E-state index in [-0.39, 0.29) is 6.61 Å². The van der Waals surface area contributed by atoms with E-state index >= 15 is 0 Å². The SMILES string of the molecule is CCN(CC)c1ccc(C(=O)OCC(=O)NC2(C#N)CCCCC2)cc1. The lowest BCUT2D eigenvalue weighted by Gasteiger charge is -2.31. The van der Waals surface area contributed by atoms with Crippen LogP contribution in [0.15, 0.2) is 24.3 Å². The Morgan fingerprint density at radius 1 is 1.15 bits per heavy atom. The zero-order chi connectivity index (χ0) is 19.0. The first-order valence-electron chi connectivity index (χ1n) is 9.28. The van der Waals surface area contributed by atoms with Crippen LogP contribution in [0.25, 0.3) is 0 Å². The fraction of sp³-hybridized carbons (Fsp3) is 0.550. The summed E-state index contributed by atoms with van der Waals surface area (Å²) in [6.07, 6.45) is 4.23. The summed E-state index contributed by atoms with van der Waals surface area (Å²) in [6.45, 7) is 5.55. The Balaban J connectivity index is 1.87. The highest BCUT2D eigenvalue weighted by atomic mass is 16.5. The van der Waals surface area contributed by atoms with E-state index < -0.39 is 17.4 Å². The summed E-state index contributed by atoms with van der Waals surface area (Å²) in [7, 11) is 0. The van der Waals surface area contributed by atoms with Gasteiger partial charge in [-0.15, -0.1) is 0 Å². The monoisotopic (exact) mass is 357 g/mol. The highest BCUT2D eigenvalue weighted by Crippen LogP contribution is 2.27. The molecule has 0 aromatic heterocycles. The van der Waals surface area contributed by atoms with E-state index in [9.17, 15) is 14.9 Å². The van der Waals surface area contributed by atoms with Crippen LogP contribution in [0, 0.1) is 11.3 Å². The van der Waals surface area contributed by atoms with Crippen LogP contribution in [0.2, 0.25) is 0 Å². The molecule has 0 heterocycles. The van der Waals surface area contributed by atoms with Gasteiger partial charge in [0.25, 0.3) is 5.91 Å². The van der Waals surface area contributed by atoms with Gasteiger partial charge in [0.05, 0.1) is 11.6 Å². The van der Waals surface area contributed by atoms with Gasteiger partial charge in [-0.3, -0.25) is 4.79 Å². The molecule has 1 aromatic rings. The zero-order valence-corrected chi connectivity index (χ0v) is 15.6. The maximum Gasteiger partial charge on any atom is 0.338 e. The van der Waals surface area contributed by atoms with Crippen molar-refractivity contribution in [3.63, 3.8) is 0 Å². The average molecular weight is 357 g/mol. The summed E-state index contributed by atoms with van der Waals surface area (Å²) in [6, 6.07) is 9.36. The molecule has 1 amide bonds. The number of benzene rings is 1. The highest BCUT2D eigenvalue weighted by molar-refractivity contribution is 5.91. The van der Waals surface area contributed by atoms with Crippen LogP contribution in [0.5, 0.6) is 0 Å². The van der Waals surface area contributed by atoms with Gasteiger partial charge in [-0.05, 0) is 51.0 Å². The molecule has 2 rings (SSSR count). The molecular weight excluding hydrogens is 330 g/mol. The molecule has 1 aliphatic rings. The molecule has 6 nitrogen and oxygen atoms in total. The van der Waals surface area contributed by atoms with Crippen molar-refractivity contribution in [2.45, 2.75) is 51.5 Å². The number of amides is 1. The molecule has 0 spiro atoms. The standard InChI is InChI=1S/C20H27N3O3/c1-3-23(4-2)17-10-8-16(9-11-17)19(25)26-14-18(24)22-20(15-21)12-6-5-7-13-20/h8-11H,3-7,12-14H2,1-2H3,(H,22,24). The second kappa shape index (κ2) is 9.23. The summed E-state index contributed by atoms with van der Waals surface area (Å²) in [4.78, 5) is 26.4. The quantitative estimate of drug-likeness (QED) is 0.759. The fourth-order valence-electron chi connectivity index (χ4n) is 3.33. The summed E-state index contributed by atoms with van der Waals surface area (Å²) in [5.74, 6) is -0.970. The van der Waals surface area contributed by atoms with Gasteiger partial charge >= 0.3 is 5.97 Å². The minimum absolute atomic E-state index is 0.375. The molecule has 0 saturated heterocycles. The normalized spacial score (nSPS) is 15.6. The van der Waals surface area contributed by atoms with E-state index in [0.717, 1.165) is 38.0 Å². The molecule has 0 radical (unpaired) electrons. The third kappa shape index (κ3) is 4.98. The van der Waals surface area contributed by atoms with Crippen molar-refractivity contribution in [2.24, 2.45) is 0 Å². The summed E-state index contributed by atoms with van der Waals surface area (Å²) in [5.41, 5.74) is 0.631. The van der Waals surface area contributed by atoms with E-state index in [1.165, 1.54) is 0 Å². The molecular formula is C20H27N3O3. The van der Waals surface area contributed by atoms with Gasteiger partial charge in [-0.25, -0.2) is 4.79 Å². The Morgan fingerprint density at radius 3 is 2.31 bits per heavy atom. The fourth-order valence-corrected chi connectivity index (χ4v) is 3.33. The molecule has 6 heteroatoms. The Morgan fingerprint density at radius 2 is 1.77 bits per heavy atom. The minimum Gasteiger partial charge on any atom is -0.452 e. The third-order valence-electron chi connectivity index (χ3n) is 4.87. The number of hydrogen-bond acceptors (Lipinski definition) is 5. The van der Waals surface area contributed by atoms with Crippen molar-refractivity contribution in [3.8, 4) is 6.07 Å². The molecule has 26 heavy (non-hydrogen) atoms. The number of nitrogens with one attached hydrogen (secondary N) is 1. The number of rotatable bonds is 7. The molecule has 1 fully saturated rings. The molecule has 0 bridgehead atoms. The van der Waals surface area contributed by atoms with Crippen molar-refractivity contribution in [1.29, 1.82) is 5.26 Å². The smallest absolute Gasteiger partial charge is 0.338 e. The van der Waals surface area contributed by atoms with Crippen molar-refractivity contribution in [2.75, 3.05) is 24.6 Å². The average Bonchev–Trinajstić information content (AvgIpc) is 2.68. The molecule has 1 aliphatic carbocycles. The van der Waals surface area contributed by atoms with Crippen LogP contribution in [0.1, 0.15) is 56.3 Å². The van der Waals surface area contributed by atoms with Crippen LogP contribution < -0.4 is 10.2 Å². The number of carbonyl (C=O) groups is 2. The van der Waals surface area contributed by atoms with Gasteiger partial charge in [0.1, 0.15) is 5.54 Å². The Labute approximate surface area is 155 Å². The second-order valence-electron chi connectivity index (χ2n) is 6.60. The number of esters is 1. The number of nitrogens with zero attached hydrogens (tertiary/aromatic N) is 2. The second-order valence-corrected chi connectivity index (χ2v) is 6.60. The van der Waals surface area contributed by atoms with E-state index in [1.807, 2.05) is 12.1 Å². The first-order valence-corrected chi connectivity index (χ1v) is 9.28. The molecule has 1 N–H and O–H groups in total. The largest absolute Gasteiger partial charge is 0.452 e. The Bertz CT molecular complexity index is 654. The maximum atomic E-state index is 12.1. The summed E-state index contributed by atoms with van der Waals surface area (Å²) < 4.78 is 5.10. The number of anilines is 1. The van der Waals surface area contributed by atoms with Crippen LogP contribution in [-0.4, -0.2) is 37.1 Å². The lowest BCUT2D eigenvalue weighted by molar-refractivity contribution is -0.125. The van der Waals surface area contributed by atoms with Crippen molar-refractivity contribution >= 4 is 17.6 Å². The van der Waals surface area contributed by atoms with Crippen molar-refractivity contribution in [3.05, 3.63) is 29.8 Å². The van der Waals surface area contributed by atoms with Gasteiger partial charge < -0.3 is 15.0 Å². The van der Waals surface area contributed by atoms with Gasteiger partial charge in [-0.1, -0.05) is 19.3 Å². The topological polar surface area (TPSA) is 82.4 Å². The van der Waals surface area contributed by atoms with E-state index in [4.69, 9.17) is 4.74 Å². The molecule has 0 unspecified atom stereocenters. The molecule has 1 saturated carbocycles. The first-order chi connectivity index (χ1) is 12.5. The Hall–Kier alpha value is -2.55. The zero-order valence-electron chi connectivity index (χ0n) is 15.6. The number of nitriles is 1. The molecule has 1 aromatic carbocycles. The van der Waals surface area contributed by atoms with Crippen LogP contribution >= 0.6 is 0 Å². The summed E-state index contributed by atoms with van der Waals surface area (Å²) in [5, 5.41) is 12.1. The number of carbonyl (C=O) groups excluding carboxylic acids is 2. The van der Waals surface area contributed by atoms with E-state index in [2.05, 4.69) is 30.1 Å². The third-order valence-corrected chi connectivity index (χ3v) is 4.87. The highest BCUT2D eigenvalue weighted by Gasteiger charge is 2.33. The van der Waals surface area contributed by atoms with Crippen LogP contribution in [-0.2, 0) is 9.53 Å². The molecule has 0 atom stereocenters. The Kier molecular flexibility index (Phi) is 7.02. The van der Waals surface area contributed by atoms with Gasteiger partial charge in [0, 0.05) is 18.8 Å². The van der Waals surface area contributed by atoms with E-state index in [1.54, 1.807) is 12.1 Å². The number of hydrogen-bond donors (Lipinski definition) is 1. The predicted molar refractivity (Wildman–Crippen MR) is 99.9 cm³/mol. The molecule has 0 aliphatic heterocycles. The van der Waals surface area contributed by atoms with Crippen molar-refractivity contribution < 1.29 is 14.3 Å². The predicted octanol–water partition coefficient (Wildman–Crippen LogP) is 3.03. The van der Waals surface area contributed by atoms with Crippen molar-refractivity contribution in [1.82, 2.24) is 5.32 Å². The maximum absolute atomic E-state index is 12.1. The lowest BCUT2D eigenvalue weighted by Crippen LogP contribution is -2.50. The van der Waals surface area contributed by atoms with Crippen LogP contribution in [0.3, 0.4) is 0 Å².